The van der Waals surface area contributed by atoms with E-state index >= 15 is 0 Å². The summed E-state index contributed by atoms with van der Waals surface area (Å²) in [6, 6.07) is 0. The lowest BCUT2D eigenvalue weighted by atomic mass is 9.84. The maximum atomic E-state index is 12.6. The predicted molar refractivity (Wildman–Crippen MR) is 104 cm³/mol. The highest BCUT2D eigenvalue weighted by Gasteiger charge is 2.58. The molecule has 4 rings (SSSR count). The van der Waals surface area contributed by atoms with Gasteiger partial charge in [-0.15, -0.1) is 12.4 Å². The minimum Gasteiger partial charge on any atom is -0.354 e. The van der Waals surface area contributed by atoms with Crippen LogP contribution in [0, 0.1) is 35.5 Å². The number of nitrogens with one attached hydrogen (secondary N) is 2. The summed E-state index contributed by atoms with van der Waals surface area (Å²) in [7, 11) is 0. The van der Waals surface area contributed by atoms with Crippen LogP contribution in [0.2, 0.25) is 0 Å². The molecule has 5 unspecified atom stereocenters. The number of imide groups is 1. The Balaban J connectivity index is 0.00000210. The lowest BCUT2D eigenvalue weighted by molar-refractivity contribution is -0.141. The van der Waals surface area contributed by atoms with Crippen LogP contribution in [0.3, 0.4) is 0 Å². The number of amides is 3. The molecule has 27 heavy (non-hydrogen) atoms. The van der Waals surface area contributed by atoms with E-state index < -0.39 is 0 Å². The molecule has 5 atom stereocenters. The molecule has 2 heterocycles. The fraction of sp³-hybridized carbons (Fsp3) is 0.750. The summed E-state index contributed by atoms with van der Waals surface area (Å²) in [5, 5.41) is 6.26. The fourth-order valence-electron chi connectivity index (χ4n) is 5.44. The maximum absolute atomic E-state index is 12.6. The predicted octanol–water partition coefficient (Wildman–Crippen LogP) is 1.36. The Hall–Kier alpha value is -1.40. The fourth-order valence-corrected chi connectivity index (χ4v) is 5.44. The first-order chi connectivity index (χ1) is 12.6. The van der Waals surface area contributed by atoms with Gasteiger partial charge in [0.05, 0.1) is 11.8 Å². The van der Waals surface area contributed by atoms with Gasteiger partial charge < -0.3 is 10.6 Å². The smallest absolute Gasteiger partial charge is 0.233 e. The monoisotopic (exact) mass is 395 g/mol. The molecule has 2 saturated heterocycles. The zero-order chi connectivity index (χ0) is 18.3. The van der Waals surface area contributed by atoms with Crippen LogP contribution < -0.4 is 10.6 Å². The SMILES string of the molecule is CC(CC(=O)NCCN1C(=O)C2C3C=CC(C3)C2C1=O)C1CCNCC1.Cl. The quantitative estimate of drug-likeness (QED) is 0.525. The molecule has 0 radical (unpaired) electrons. The first-order valence-electron chi connectivity index (χ1n) is 10.1. The number of likely N-dealkylation sites (tertiary alicyclic amines) is 1. The molecule has 7 heteroatoms. The Morgan fingerprint density at radius 3 is 2.37 bits per heavy atom. The van der Waals surface area contributed by atoms with Gasteiger partial charge in [0, 0.05) is 19.5 Å². The van der Waals surface area contributed by atoms with E-state index in [0.29, 0.717) is 31.3 Å². The summed E-state index contributed by atoms with van der Waals surface area (Å²) < 4.78 is 0. The number of piperidine rings is 1. The lowest BCUT2D eigenvalue weighted by Crippen LogP contribution is -2.40. The minimum absolute atomic E-state index is 0. The molecule has 150 valence electrons. The molecular weight excluding hydrogens is 366 g/mol. The van der Waals surface area contributed by atoms with E-state index in [2.05, 4.69) is 29.7 Å². The van der Waals surface area contributed by atoms with Gasteiger partial charge >= 0.3 is 0 Å². The minimum atomic E-state index is -0.145. The highest BCUT2D eigenvalue weighted by atomic mass is 35.5. The Morgan fingerprint density at radius 2 is 1.78 bits per heavy atom. The van der Waals surface area contributed by atoms with Crippen molar-refractivity contribution >= 4 is 30.1 Å². The number of halogens is 1. The number of allylic oxidation sites excluding steroid dienone is 2. The number of nitrogens with zero attached hydrogens (tertiary/aromatic N) is 1. The highest BCUT2D eigenvalue weighted by Crippen LogP contribution is 2.52. The average Bonchev–Trinajstić information content (AvgIpc) is 3.32. The number of hydrogen-bond acceptors (Lipinski definition) is 4. The van der Waals surface area contributed by atoms with E-state index in [4.69, 9.17) is 0 Å². The van der Waals surface area contributed by atoms with Crippen molar-refractivity contribution in [2.45, 2.75) is 32.6 Å². The first-order valence-corrected chi connectivity index (χ1v) is 10.1. The Kier molecular flexibility index (Phi) is 6.26. The van der Waals surface area contributed by atoms with E-state index in [-0.39, 0.29) is 53.8 Å². The topological polar surface area (TPSA) is 78.5 Å². The van der Waals surface area contributed by atoms with E-state index in [9.17, 15) is 14.4 Å². The number of fused-ring (bicyclic) bond motifs is 5. The van der Waals surface area contributed by atoms with Gasteiger partial charge in [0.25, 0.3) is 0 Å². The molecule has 6 nitrogen and oxygen atoms in total. The van der Waals surface area contributed by atoms with Crippen LogP contribution in [-0.2, 0) is 14.4 Å². The van der Waals surface area contributed by atoms with Gasteiger partial charge in [-0.05, 0) is 56.0 Å². The summed E-state index contributed by atoms with van der Waals surface area (Å²) in [6.07, 6.45) is 7.93. The molecule has 0 aromatic heterocycles. The van der Waals surface area contributed by atoms with Gasteiger partial charge in [-0.2, -0.15) is 0 Å². The molecule has 0 aromatic rings. The maximum Gasteiger partial charge on any atom is 0.233 e. The summed E-state index contributed by atoms with van der Waals surface area (Å²) in [6.45, 7) is 4.88. The molecule has 2 N–H and O–H groups in total. The van der Waals surface area contributed by atoms with Crippen LogP contribution in [0.5, 0.6) is 0 Å². The Labute approximate surface area is 166 Å². The van der Waals surface area contributed by atoms with Gasteiger partial charge in [-0.25, -0.2) is 0 Å². The lowest BCUT2D eigenvalue weighted by Gasteiger charge is -2.28. The van der Waals surface area contributed by atoms with E-state index in [1.165, 1.54) is 4.90 Å². The first kappa shape index (κ1) is 20.3. The third-order valence-electron chi connectivity index (χ3n) is 6.92. The van der Waals surface area contributed by atoms with Crippen LogP contribution >= 0.6 is 12.4 Å². The number of hydrogen-bond donors (Lipinski definition) is 2. The van der Waals surface area contributed by atoms with Crippen LogP contribution in [-0.4, -0.2) is 48.8 Å². The number of rotatable bonds is 6. The van der Waals surface area contributed by atoms with Gasteiger partial charge in [-0.1, -0.05) is 19.1 Å². The zero-order valence-corrected chi connectivity index (χ0v) is 16.7. The second kappa shape index (κ2) is 8.31. The van der Waals surface area contributed by atoms with Crippen molar-refractivity contribution in [3.8, 4) is 0 Å². The van der Waals surface area contributed by atoms with E-state index in [1.54, 1.807) is 0 Å². The molecule has 1 saturated carbocycles. The van der Waals surface area contributed by atoms with Crippen LogP contribution in [0.4, 0.5) is 0 Å². The molecule has 3 amide bonds. The van der Waals surface area contributed by atoms with Crippen molar-refractivity contribution in [1.82, 2.24) is 15.5 Å². The van der Waals surface area contributed by atoms with Crippen molar-refractivity contribution in [2.75, 3.05) is 26.2 Å². The molecule has 2 aliphatic heterocycles. The molecule has 2 bridgehead atoms. The van der Waals surface area contributed by atoms with Crippen molar-refractivity contribution in [1.29, 1.82) is 0 Å². The molecular formula is C20H30ClN3O3. The van der Waals surface area contributed by atoms with Crippen molar-refractivity contribution in [3.63, 3.8) is 0 Å². The molecule has 0 spiro atoms. The van der Waals surface area contributed by atoms with Gasteiger partial charge in [0.1, 0.15) is 0 Å². The number of carbonyl (C=O) groups excluding carboxylic acids is 3. The molecule has 4 aliphatic rings. The van der Waals surface area contributed by atoms with Gasteiger partial charge in [0.2, 0.25) is 17.7 Å². The number of carbonyl (C=O) groups is 3. The zero-order valence-electron chi connectivity index (χ0n) is 15.9. The average molecular weight is 396 g/mol. The van der Waals surface area contributed by atoms with E-state index in [0.717, 1.165) is 32.4 Å². The van der Waals surface area contributed by atoms with Crippen molar-refractivity contribution < 1.29 is 14.4 Å². The van der Waals surface area contributed by atoms with Crippen LogP contribution in [0.15, 0.2) is 12.2 Å². The molecule has 2 aliphatic carbocycles. The largest absolute Gasteiger partial charge is 0.354 e. The molecule has 0 aromatic carbocycles. The standard InChI is InChI=1S/C20H29N3O3.ClH/c1-12(13-4-6-21-7-5-13)10-16(24)22-8-9-23-19(25)17-14-2-3-15(11-14)18(17)20(23)26;/h2-3,12-15,17-18,21H,4-11H2,1H3,(H,22,24);1H. The van der Waals surface area contributed by atoms with Crippen molar-refractivity contribution in [2.24, 2.45) is 35.5 Å². The second-order valence-electron chi connectivity index (χ2n) is 8.45. The van der Waals surface area contributed by atoms with E-state index in [1.807, 2.05) is 0 Å². The normalized spacial score (nSPS) is 33.1. The van der Waals surface area contributed by atoms with Gasteiger partial charge in [-0.3, -0.25) is 19.3 Å². The van der Waals surface area contributed by atoms with Crippen LogP contribution in [0.25, 0.3) is 0 Å². The summed E-state index contributed by atoms with van der Waals surface area (Å²) in [4.78, 5) is 38.8. The third kappa shape index (κ3) is 3.79. The summed E-state index contributed by atoms with van der Waals surface area (Å²) >= 11 is 0. The summed E-state index contributed by atoms with van der Waals surface area (Å²) in [5.74, 6) is 1.12. The van der Waals surface area contributed by atoms with Crippen molar-refractivity contribution in [3.05, 3.63) is 12.2 Å². The highest BCUT2D eigenvalue weighted by molar-refractivity contribution is 6.06. The molecule has 3 fully saturated rings. The Bertz CT molecular complexity index is 602. The Morgan fingerprint density at radius 1 is 1.19 bits per heavy atom. The third-order valence-corrected chi connectivity index (χ3v) is 6.92. The van der Waals surface area contributed by atoms with Crippen LogP contribution in [0.1, 0.15) is 32.6 Å². The summed E-state index contributed by atoms with van der Waals surface area (Å²) in [5.41, 5.74) is 0. The van der Waals surface area contributed by atoms with Gasteiger partial charge in [0.15, 0.2) is 0 Å². The second-order valence-corrected chi connectivity index (χ2v) is 8.45.